The van der Waals surface area contributed by atoms with E-state index in [1.807, 2.05) is 25.1 Å². The SMILES string of the molecule is CN(C)c1ccc(Cl)cc1NC(=O)C1CCCC1C(=O)O. The number of amides is 1. The first-order chi connectivity index (χ1) is 9.90. The van der Waals surface area contributed by atoms with Crippen LogP contribution in [-0.2, 0) is 9.59 Å². The molecule has 0 aromatic heterocycles. The van der Waals surface area contributed by atoms with Crippen LogP contribution in [0.3, 0.4) is 0 Å². The third kappa shape index (κ3) is 3.47. The van der Waals surface area contributed by atoms with Gasteiger partial charge in [0.25, 0.3) is 0 Å². The number of carboxylic acid groups (broad SMARTS) is 1. The Labute approximate surface area is 128 Å². The molecule has 1 aliphatic rings. The summed E-state index contributed by atoms with van der Waals surface area (Å²) >= 11 is 5.98. The molecule has 2 unspecified atom stereocenters. The molecule has 1 fully saturated rings. The van der Waals surface area contributed by atoms with Gasteiger partial charge in [-0.15, -0.1) is 0 Å². The molecule has 6 heteroatoms. The molecular formula is C15H19ClN2O3. The van der Waals surface area contributed by atoms with E-state index in [-0.39, 0.29) is 5.91 Å². The molecular weight excluding hydrogens is 292 g/mol. The third-order valence-electron chi connectivity index (χ3n) is 3.87. The highest BCUT2D eigenvalue weighted by Crippen LogP contribution is 2.34. The molecule has 0 bridgehead atoms. The van der Waals surface area contributed by atoms with Crippen LogP contribution >= 0.6 is 11.6 Å². The normalized spacial score (nSPS) is 21.1. The Morgan fingerprint density at radius 2 is 1.95 bits per heavy atom. The number of nitrogens with one attached hydrogen (secondary N) is 1. The summed E-state index contributed by atoms with van der Waals surface area (Å²) in [7, 11) is 3.74. The Morgan fingerprint density at radius 1 is 1.29 bits per heavy atom. The number of hydrogen-bond donors (Lipinski definition) is 2. The Balaban J connectivity index is 2.19. The topological polar surface area (TPSA) is 69.6 Å². The van der Waals surface area contributed by atoms with Crippen molar-refractivity contribution in [3.05, 3.63) is 23.2 Å². The van der Waals surface area contributed by atoms with Crippen LogP contribution in [-0.4, -0.2) is 31.1 Å². The highest BCUT2D eigenvalue weighted by Gasteiger charge is 2.37. The summed E-state index contributed by atoms with van der Waals surface area (Å²) in [6, 6.07) is 5.25. The maximum Gasteiger partial charge on any atom is 0.307 e. The van der Waals surface area contributed by atoms with Crippen molar-refractivity contribution in [2.45, 2.75) is 19.3 Å². The summed E-state index contributed by atoms with van der Waals surface area (Å²) in [6.45, 7) is 0. The standard InChI is InChI=1S/C15H19ClN2O3/c1-18(2)13-7-6-9(16)8-12(13)17-14(19)10-4-3-5-11(10)15(20)21/h6-8,10-11H,3-5H2,1-2H3,(H,17,19)(H,20,21). The van der Waals surface area contributed by atoms with Crippen LogP contribution in [0.5, 0.6) is 0 Å². The van der Waals surface area contributed by atoms with Crippen LogP contribution in [0.25, 0.3) is 0 Å². The Morgan fingerprint density at radius 3 is 2.57 bits per heavy atom. The maximum atomic E-state index is 12.4. The van der Waals surface area contributed by atoms with Gasteiger partial charge in [-0.25, -0.2) is 0 Å². The van der Waals surface area contributed by atoms with Gasteiger partial charge in [0, 0.05) is 19.1 Å². The van der Waals surface area contributed by atoms with Crippen molar-refractivity contribution in [3.63, 3.8) is 0 Å². The van der Waals surface area contributed by atoms with Crippen LogP contribution in [0.15, 0.2) is 18.2 Å². The van der Waals surface area contributed by atoms with E-state index in [1.54, 1.807) is 12.1 Å². The number of rotatable bonds is 4. The van der Waals surface area contributed by atoms with Gasteiger partial charge in [-0.3, -0.25) is 9.59 Å². The zero-order valence-corrected chi connectivity index (χ0v) is 12.9. The second-order valence-electron chi connectivity index (χ2n) is 5.53. The molecule has 0 aliphatic heterocycles. The van der Waals surface area contributed by atoms with E-state index in [9.17, 15) is 14.7 Å². The molecule has 1 amide bonds. The second-order valence-corrected chi connectivity index (χ2v) is 5.96. The molecule has 1 aromatic carbocycles. The van der Waals surface area contributed by atoms with Crippen molar-refractivity contribution < 1.29 is 14.7 Å². The van der Waals surface area contributed by atoms with E-state index in [2.05, 4.69) is 5.32 Å². The lowest BCUT2D eigenvalue weighted by Crippen LogP contribution is -2.30. The molecule has 2 atom stereocenters. The molecule has 21 heavy (non-hydrogen) atoms. The number of nitrogens with zero attached hydrogens (tertiary/aromatic N) is 1. The summed E-state index contributed by atoms with van der Waals surface area (Å²) in [4.78, 5) is 25.4. The number of carbonyl (C=O) groups is 2. The molecule has 1 saturated carbocycles. The first-order valence-electron chi connectivity index (χ1n) is 6.90. The molecule has 0 radical (unpaired) electrons. The lowest BCUT2D eigenvalue weighted by atomic mass is 9.95. The average Bonchev–Trinajstić information content (AvgIpc) is 2.87. The minimum Gasteiger partial charge on any atom is -0.481 e. The predicted molar refractivity (Wildman–Crippen MR) is 82.9 cm³/mol. The van der Waals surface area contributed by atoms with Crippen LogP contribution in [0, 0.1) is 11.8 Å². The quantitative estimate of drug-likeness (QED) is 0.897. The van der Waals surface area contributed by atoms with E-state index in [4.69, 9.17) is 11.6 Å². The molecule has 1 aromatic rings. The van der Waals surface area contributed by atoms with Crippen LogP contribution in [0.1, 0.15) is 19.3 Å². The van der Waals surface area contributed by atoms with Gasteiger partial charge in [0.05, 0.1) is 23.2 Å². The lowest BCUT2D eigenvalue weighted by Gasteiger charge is -2.21. The van der Waals surface area contributed by atoms with Gasteiger partial charge in [-0.05, 0) is 31.0 Å². The fourth-order valence-electron chi connectivity index (χ4n) is 2.79. The van der Waals surface area contributed by atoms with Gasteiger partial charge in [0.1, 0.15) is 0 Å². The van der Waals surface area contributed by atoms with Crippen LogP contribution < -0.4 is 10.2 Å². The van der Waals surface area contributed by atoms with Crippen molar-refractivity contribution in [3.8, 4) is 0 Å². The Bertz CT molecular complexity index is 560. The molecule has 2 N–H and O–H groups in total. The van der Waals surface area contributed by atoms with Gasteiger partial charge in [0.15, 0.2) is 0 Å². The summed E-state index contributed by atoms with van der Waals surface area (Å²) < 4.78 is 0. The van der Waals surface area contributed by atoms with Gasteiger partial charge in [-0.2, -0.15) is 0 Å². The molecule has 0 heterocycles. The molecule has 0 saturated heterocycles. The minimum atomic E-state index is -0.897. The number of carbonyl (C=O) groups excluding carboxylic acids is 1. The molecule has 2 rings (SSSR count). The molecule has 5 nitrogen and oxygen atoms in total. The highest BCUT2D eigenvalue weighted by atomic mass is 35.5. The number of halogens is 1. The summed E-state index contributed by atoms with van der Waals surface area (Å²) in [5.74, 6) is -2.21. The first-order valence-corrected chi connectivity index (χ1v) is 7.28. The zero-order valence-electron chi connectivity index (χ0n) is 12.1. The van der Waals surface area contributed by atoms with Gasteiger partial charge < -0.3 is 15.3 Å². The van der Waals surface area contributed by atoms with E-state index in [0.29, 0.717) is 23.6 Å². The largest absolute Gasteiger partial charge is 0.481 e. The van der Waals surface area contributed by atoms with Crippen LogP contribution in [0.4, 0.5) is 11.4 Å². The first kappa shape index (κ1) is 15.6. The Hall–Kier alpha value is -1.75. The fraction of sp³-hybridized carbons (Fsp3) is 0.467. The average molecular weight is 311 g/mol. The third-order valence-corrected chi connectivity index (χ3v) is 4.10. The second kappa shape index (κ2) is 6.35. The van der Waals surface area contributed by atoms with Gasteiger partial charge in [-0.1, -0.05) is 18.0 Å². The number of aliphatic carboxylic acids is 1. The van der Waals surface area contributed by atoms with Crippen molar-refractivity contribution in [1.82, 2.24) is 0 Å². The van der Waals surface area contributed by atoms with Crippen molar-refractivity contribution in [2.24, 2.45) is 11.8 Å². The molecule has 1 aliphatic carbocycles. The van der Waals surface area contributed by atoms with Gasteiger partial charge >= 0.3 is 5.97 Å². The number of hydrogen-bond acceptors (Lipinski definition) is 3. The predicted octanol–water partition coefficient (Wildman–Crippen LogP) is 2.85. The van der Waals surface area contributed by atoms with Gasteiger partial charge in [0.2, 0.25) is 5.91 Å². The highest BCUT2D eigenvalue weighted by molar-refractivity contribution is 6.31. The van der Waals surface area contributed by atoms with Crippen LogP contribution in [0.2, 0.25) is 5.02 Å². The number of benzene rings is 1. The summed E-state index contributed by atoms with van der Waals surface area (Å²) in [5, 5.41) is 12.5. The van der Waals surface area contributed by atoms with E-state index in [0.717, 1.165) is 12.1 Å². The van der Waals surface area contributed by atoms with Crippen molar-refractivity contribution in [1.29, 1.82) is 0 Å². The maximum absolute atomic E-state index is 12.4. The van der Waals surface area contributed by atoms with E-state index < -0.39 is 17.8 Å². The lowest BCUT2D eigenvalue weighted by molar-refractivity contribution is -0.145. The number of carboxylic acids is 1. The van der Waals surface area contributed by atoms with E-state index in [1.165, 1.54) is 0 Å². The zero-order chi connectivity index (χ0) is 15.6. The van der Waals surface area contributed by atoms with Crippen molar-refractivity contribution in [2.75, 3.05) is 24.3 Å². The minimum absolute atomic E-state index is 0.245. The number of anilines is 2. The van der Waals surface area contributed by atoms with Crippen molar-refractivity contribution >= 4 is 34.9 Å². The van der Waals surface area contributed by atoms with E-state index >= 15 is 0 Å². The summed E-state index contributed by atoms with van der Waals surface area (Å²) in [6.07, 6.45) is 1.94. The monoisotopic (exact) mass is 310 g/mol. The Kier molecular flexibility index (Phi) is 4.73. The smallest absolute Gasteiger partial charge is 0.307 e. The summed E-state index contributed by atoms with van der Waals surface area (Å²) in [5.41, 5.74) is 1.44. The molecule has 114 valence electrons. The molecule has 0 spiro atoms. The fourth-order valence-corrected chi connectivity index (χ4v) is 2.97.